The van der Waals surface area contributed by atoms with Crippen LogP contribution in [0.2, 0.25) is 0 Å². The van der Waals surface area contributed by atoms with Crippen molar-refractivity contribution in [1.29, 1.82) is 0 Å². The minimum atomic E-state index is -4.80. The summed E-state index contributed by atoms with van der Waals surface area (Å²) in [5, 5.41) is 4.92. The van der Waals surface area contributed by atoms with Gasteiger partial charge in [-0.25, -0.2) is 0 Å². The van der Waals surface area contributed by atoms with E-state index in [1.165, 1.54) is 0 Å². The molecule has 6 nitrogen and oxygen atoms in total. The third kappa shape index (κ3) is 5.19. The summed E-state index contributed by atoms with van der Waals surface area (Å²) < 4.78 is 38.8. The number of aromatic nitrogens is 1. The van der Waals surface area contributed by atoms with Gasteiger partial charge in [0.05, 0.1) is 6.54 Å². The summed E-state index contributed by atoms with van der Waals surface area (Å²) in [7, 11) is 0. The Balaban J connectivity index is 1.96. The number of carbonyl (C=O) groups excluding carboxylic acids is 2. The minimum absolute atomic E-state index is 0.375. The van der Waals surface area contributed by atoms with E-state index in [1.54, 1.807) is 12.1 Å². The summed E-state index contributed by atoms with van der Waals surface area (Å²) in [4.78, 5) is 35.6. The number of nitrogens with one attached hydrogen (secondary N) is 2. The van der Waals surface area contributed by atoms with Crippen molar-refractivity contribution in [1.82, 2.24) is 9.88 Å². The van der Waals surface area contributed by atoms with Gasteiger partial charge in [-0.15, -0.1) is 0 Å². The van der Waals surface area contributed by atoms with Crippen molar-refractivity contribution in [2.24, 2.45) is 0 Å². The lowest BCUT2D eigenvalue weighted by atomic mass is 10.1. The van der Waals surface area contributed by atoms with Crippen LogP contribution in [0.5, 0.6) is 0 Å². The topological polar surface area (TPSA) is 80.2 Å². The van der Waals surface area contributed by atoms with Crippen LogP contribution in [0.4, 0.5) is 18.9 Å². The molecule has 0 aliphatic rings. The maximum atomic E-state index is 12.7. The Kier molecular flexibility index (Phi) is 6.04. The van der Waals surface area contributed by atoms with Crippen LogP contribution in [0, 0.1) is 13.8 Å². The molecule has 0 radical (unpaired) electrons. The van der Waals surface area contributed by atoms with E-state index in [9.17, 15) is 27.6 Å². The van der Waals surface area contributed by atoms with Crippen molar-refractivity contribution < 1.29 is 22.8 Å². The summed E-state index contributed by atoms with van der Waals surface area (Å²) in [5.41, 5.74) is -0.206. The number of hydrogen-bond donors (Lipinski definition) is 2. The lowest BCUT2D eigenvalue weighted by Gasteiger charge is -2.12. The second-order valence-electron chi connectivity index (χ2n) is 5.93. The molecule has 0 bridgehead atoms. The molecule has 1 heterocycles. The summed E-state index contributed by atoms with van der Waals surface area (Å²) in [6, 6.07) is 7.06. The number of nitrogens with zero attached hydrogens (tertiary/aromatic N) is 1. The van der Waals surface area contributed by atoms with Gasteiger partial charge in [0.15, 0.2) is 0 Å². The van der Waals surface area contributed by atoms with Gasteiger partial charge in [-0.05, 0) is 43.2 Å². The molecule has 1 aromatic carbocycles. The zero-order valence-corrected chi connectivity index (χ0v) is 14.7. The largest absolute Gasteiger partial charge is 0.421 e. The highest BCUT2D eigenvalue weighted by atomic mass is 19.4. The van der Waals surface area contributed by atoms with Gasteiger partial charge in [0.1, 0.15) is 12.1 Å². The van der Waals surface area contributed by atoms with Gasteiger partial charge in [0.25, 0.3) is 5.56 Å². The quantitative estimate of drug-likeness (QED) is 0.834. The molecular formula is C18H18F3N3O3. The Morgan fingerprint density at radius 1 is 1.07 bits per heavy atom. The first-order valence-corrected chi connectivity index (χ1v) is 7.99. The van der Waals surface area contributed by atoms with E-state index in [2.05, 4.69) is 10.6 Å². The van der Waals surface area contributed by atoms with Gasteiger partial charge in [0.2, 0.25) is 11.8 Å². The number of benzene rings is 1. The number of aryl methyl sites for hydroxylation is 1. The highest BCUT2D eigenvalue weighted by molar-refractivity contribution is 5.95. The average molecular weight is 381 g/mol. The van der Waals surface area contributed by atoms with E-state index in [0.29, 0.717) is 16.3 Å². The number of hydrogen-bond acceptors (Lipinski definition) is 3. The third-order valence-electron chi connectivity index (χ3n) is 3.96. The summed E-state index contributed by atoms with van der Waals surface area (Å²) in [6.45, 7) is 2.72. The zero-order valence-electron chi connectivity index (χ0n) is 14.7. The molecule has 0 fully saturated rings. The first-order chi connectivity index (χ1) is 12.6. The van der Waals surface area contributed by atoms with Crippen LogP contribution in [0.25, 0.3) is 0 Å². The van der Waals surface area contributed by atoms with Gasteiger partial charge in [0, 0.05) is 11.9 Å². The lowest BCUT2D eigenvalue weighted by molar-refractivity contribution is -0.139. The number of amides is 2. The molecular weight excluding hydrogens is 363 g/mol. The van der Waals surface area contributed by atoms with Crippen LogP contribution in [-0.4, -0.2) is 22.9 Å². The monoisotopic (exact) mass is 381 g/mol. The Morgan fingerprint density at radius 3 is 2.44 bits per heavy atom. The second-order valence-corrected chi connectivity index (χ2v) is 5.93. The second kappa shape index (κ2) is 8.07. The smallest absolute Gasteiger partial charge is 0.345 e. The van der Waals surface area contributed by atoms with Crippen LogP contribution in [0.15, 0.2) is 41.3 Å². The highest BCUT2D eigenvalue weighted by Crippen LogP contribution is 2.25. The van der Waals surface area contributed by atoms with E-state index >= 15 is 0 Å². The van der Waals surface area contributed by atoms with Crippen LogP contribution < -0.4 is 16.2 Å². The van der Waals surface area contributed by atoms with Gasteiger partial charge in [-0.3, -0.25) is 14.4 Å². The number of anilines is 1. The van der Waals surface area contributed by atoms with Gasteiger partial charge in [-0.1, -0.05) is 12.1 Å². The van der Waals surface area contributed by atoms with E-state index in [1.807, 2.05) is 19.9 Å². The molecule has 144 valence electrons. The Morgan fingerprint density at radius 2 is 1.78 bits per heavy atom. The van der Waals surface area contributed by atoms with Gasteiger partial charge < -0.3 is 15.2 Å². The molecule has 2 rings (SSSR count). The first kappa shape index (κ1) is 20.2. The zero-order chi connectivity index (χ0) is 20.2. The normalized spacial score (nSPS) is 11.1. The van der Waals surface area contributed by atoms with Crippen molar-refractivity contribution in [3.8, 4) is 0 Å². The van der Waals surface area contributed by atoms with Gasteiger partial charge in [-0.2, -0.15) is 13.2 Å². The van der Waals surface area contributed by atoms with E-state index in [0.717, 1.165) is 23.4 Å². The fraction of sp³-hybridized carbons (Fsp3) is 0.278. The molecule has 0 aliphatic heterocycles. The van der Waals surface area contributed by atoms with Crippen molar-refractivity contribution in [2.75, 3.05) is 11.9 Å². The molecule has 0 saturated carbocycles. The average Bonchev–Trinajstić information content (AvgIpc) is 2.58. The van der Waals surface area contributed by atoms with Crippen molar-refractivity contribution in [3.05, 3.63) is 63.6 Å². The van der Waals surface area contributed by atoms with Crippen LogP contribution in [-0.2, 0) is 22.3 Å². The van der Waals surface area contributed by atoms with Crippen LogP contribution in [0.1, 0.15) is 16.7 Å². The fourth-order valence-corrected chi connectivity index (χ4v) is 2.35. The number of halogens is 3. The molecule has 0 saturated heterocycles. The van der Waals surface area contributed by atoms with Crippen molar-refractivity contribution >= 4 is 17.5 Å². The lowest BCUT2D eigenvalue weighted by Crippen LogP contribution is -2.38. The Hall–Kier alpha value is -3.10. The highest BCUT2D eigenvalue weighted by Gasteiger charge is 2.34. The minimum Gasteiger partial charge on any atom is -0.345 e. The molecule has 0 unspecified atom stereocenters. The molecule has 2 aromatic rings. The first-order valence-electron chi connectivity index (χ1n) is 7.99. The molecule has 2 amide bonds. The maximum absolute atomic E-state index is 12.7. The van der Waals surface area contributed by atoms with Crippen LogP contribution >= 0.6 is 0 Å². The molecule has 2 N–H and O–H groups in total. The summed E-state index contributed by atoms with van der Waals surface area (Å²) >= 11 is 0. The fourth-order valence-electron chi connectivity index (χ4n) is 2.35. The maximum Gasteiger partial charge on any atom is 0.421 e. The van der Waals surface area contributed by atoms with E-state index < -0.39 is 35.7 Å². The standard InChI is InChI=1S/C18H18F3N3O3/c1-11-5-3-7-14(12(11)2)23-15(25)9-22-16(26)10-24-8-4-6-13(17(24)27)18(19,20)21/h3-8H,9-10H2,1-2H3,(H,22,26)(H,23,25). The Labute approximate surface area is 153 Å². The number of alkyl halides is 3. The van der Waals surface area contributed by atoms with Crippen molar-refractivity contribution in [3.63, 3.8) is 0 Å². The predicted molar refractivity (Wildman–Crippen MR) is 93.3 cm³/mol. The summed E-state index contributed by atoms with van der Waals surface area (Å²) in [6.07, 6.45) is -3.73. The molecule has 0 aliphatic carbocycles. The van der Waals surface area contributed by atoms with Crippen molar-refractivity contribution in [2.45, 2.75) is 26.6 Å². The molecule has 27 heavy (non-hydrogen) atoms. The Bertz CT molecular complexity index is 920. The molecule has 1 aromatic heterocycles. The molecule has 0 atom stereocenters. The molecule has 9 heteroatoms. The van der Waals surface area contributed by atoms with Crippen LogP contribution in [0.3, 0.4) is 0 Å². The van der Waals surface area contributed by atoms with Gasteiger partial charge >= 0.3 is 6.18 Å². The molecule has 0 spiro atoms. The van der Waals surface area contributed by atoms with E-state index in [-0.39, 0.29) is 6.54 Å². The number of rotatable bonds is 5. The number of carbonyl (C=O) groups is 2. The SMILES string of the molecule is Cc1cccc(NC(=O)CNC(=O)Cn2cccc(C(F)(F)F)c2=O)c1C. The summed E-state index contributed by atoms with van der Waals surface area (Å²) in [5.74, 6) is -1.25. The number of pyridine rings is 1. The third-order valence-corrected chi connectivity index (χ3v) is 3.96. The van der Waals surface area contributed by atoms with E-state index in [4.69, 9.17) is 0 Å². The predicted octanol–water partition coefficient (Wildman–Crippen LogP) is 2.24.